The number of fused-ring (bicyclic) bond motifs is 1. The van der Waals surface area contributed by atoms with Gasteiger partial charge in [-0.05, 0) is 19.4 Å². The molecule has 0 unspecified atom stereocenters. The van der Waals surface area contributed by atoms with E-state index < -0.39 is 0 Å². The summed E-state index contributed by atoms with van der Waals surface area (Å²) in [4.78, 5) is 18.3. The topological polar surface area (TPSA) is 58.7 Å². The Morgan fingerprint density at radius 3 is 3.00 bits per heavy atom. The molecule has 0 aliphatic heterocycles. The van der Waals surface area contributed by atoms with Crippen LogP contribution in [0.5, 0.6) is 0 Å². The van der Waals surface area contributed by atoms with Crippen LogP contribution in [0.2, 0.25) is 0 Å². The van der Waals surface area contributed by atoms with Crippen LogP contribution in [0, 0.1) is 18.3 Å². The van der Waals surface area contributed by atoms with E-state index in [-0.39, 0.29) is 12.1 Å². The molecule has 2 aromatic rings. The number of hydrogen-bond acceptors (Lipinski definition) is 4. The third-order valence-corrected chi connectivity index (χ3v) is 3.64. The van der Waals surface area contributed by atoms with E-state index >= 15 is 0 Å². The van der Waals surface area contributed by atoms with Crippen LogP contribution in [0.1, 0.15) is 17.6 Å². The average Bonchev–Trinajstić information content (AvgIpc) is 2.67. The molecule has 0 aliphatic rings. The minimum atomic E-state index is -0.111. The fourth-order valence-corrected chi connectivity index (χ4v) is 2.60. The van der Waals surface area contributed by atoms with Crippen LogP contribution in [-0.4, -0.2) is 9.55 Å². The third-order valence-electron chi connectivity index (χ3n) is 2.47. The SMILES string of the molecule is CCc1cc2c(=O)n(CC#N)c(C)nc2s1. The Morgan fingerprint density at radius 1 is 1.62 bits per heavy atom. The molecule has 0 radical (unpaired) electrons. The molecule has 0 amide bonds. The monoisotopic (exact) mass is 233 g/mol. The van der Waals surface area contributed by atoms with E-state index in [0.717, 1.165) is 16.1 Å². The molecule has 0 N–H and O–H groups in total. The maximum absolute atomic E-state index is 12.0. The smallest absolute Gasteiger partial charge is 0.263 e. The van der Waals surface area contributed by atoms with E-state index in [0.29, 0.717) is 11.2 Å². The van der Waals surface area contributed by atoms with Crippen molar-refractivity contribution in [3.05, 3.63) is 27.1 Å². The Morgan fingerprint density at radius 2 is 2.38 bits per heavy atom. The molecule has 0 aliphatic carbocycles. The first-order valence-corrected chi connectivity index (χ1v) is 5.85. The second-order valence-electron chi connectivity index (χ2n) is 3.49. The Kier molecular flexibility index (Phi) is 2.75. The molecule has 0 bridgehead atoms. The maximum Gasteiger partial charge on any atom is 0.263 e. The van der Waals surface area contributed by atoms with E-state index in [1.165, 1.54) is 4.57 Å². The molecular weight excluding hydrogens is 222 g/mol. The molecular formula is C11H11N3OS. The highest BCUT2D eigenvalue weighted by atomic mass is 32.1. The normalized spacial score (nSPS) is 10.6. The highest BCUT2D eigenvalue weighted by molar-refractivity contribution is 7.18. The number of rotatable bonds is 2. The fraction of sp³-hybridized carbons (Fsp3) is 0.364. The quantitative estimate of drug-likeness (QED) is 0.795. The second kappa shape index (κ2) is 4.06. The lowest BCUT2D eigenvalue weighted by Gasteiger charge is -2.03. The van der Waals surface area contributed by atoms with E-state index in [2.05, 4.69) is 4.98 Å². The van der Waals surface area contributed by atoms with Gasteiger partial charge < -0.3 is 0 Å². The van der Waals surface area contributed by atoms with Crippen molar-refractivity contribution < 1.29 is 0 Å². The predicted octanol–water partition coefficient (Wildman–Crippen LogP) is 1.85. The van der Waals surface area contributed by atoms with E-state index in [1.807, 2.05) is 19.1 Å². The lowest BCUT2D eigenvalue weighted by Crippen LogP contribution is -2.22. The zero-order valence-corrected chi connectivity index (χ0v) is 9.97. The van der Waals surface area contributed by atoms with Crippen LogP contribution in [-0.2, 0) is 13.0 Å². The Balaban J connectivity index is 2.77. The summed E-state index contributed by atoms with van der Waals surface area (Å²) in [6, 6.07) is 3.86. The zero-order valence-electron chi connectivity index (χ0n) is 9.15. The summed E-state index contributed by atoms with van der Waals surface area (Å²) in [6.07, 6.45) is 0.901. The summed E-state index contributed by atoms with van der Waals surface area (Å²) < 4.78 is 1.41. The van der Waals surface area contributed by atoms with Crippen molar-refractivity contribution in [2.45, 2.75) is 26.8 Å². The Bertz CT molecular complexity index is 633. The number of aryl methyl sites for hydroxylation is 2. The van der Waals surface area contributed by atoms with Gasteiger partial charge in [-0.2, -0.15) is 5.26 Å². The van der Waals surface area contributed by atoms with Crippen LogP contribution in [0.4, 0.5) is 0 Å². The van der Waals surface area contributed by atoms with E-state index in [4.69, 9.17) is 5.26 Å². The van der Waals surface area contributed by atoms with Gasteiger partial charge in [0.25, 0.3) is 5.56 Å². The van der Waals surface area contributed by atoms with Gasteiger partial charge in [0, 0.05) is 4.88 Å². The standard InChI is InChI=1S/C11H11N3OS/c1-3-8-6-9-10(16-8)13-7(2)14(5-4-12)11(9)15/h6H,3,5H2,1-2H3. The number of nitriles is 1. The molecule has 5 heteroatoms. The van der Waals surface area contributed by atoms with Crippen molar-refractivity contribution in [3.8, 4) is 6.07 Å². The lowest BCUT2D eigenvalue weighted by atomic mass is 10.3. The van der Waals surface area contributed by atoms with Crippen molar-refractivity contribution in [3.63, 3.8) is 0 Å². The average molecular weight is 233 g/mol. The second-order valence-corrected chi connectivity index (χ2v) is 4.61. The van der Waals surface area contributed by atoms with Crippen LogP contribution in [0.25, 0.3) is 10.2 Å². The Labute approximate surface area is 96.8 Å². The molecule has 0 saturated carbocycles. The summed E-state index contributed by atoms with van der Waals surface area (Å²) in [5.74, 6) is 0.601. The summed E-state index contributed by atoms with van der Waals surface area (Å²) >= 11 is 1.55. The van der Waals surface area contributed by atoms with E-state index in [9.17, 15) is 4.79 Å². The number of hydrogen-bond donors (Lipinski definition) is 0. The van der Waals surface area contributed by atoms with Gasteiger partial charge in [0.2, 0.25) is 0 Å². The van der Waals surface area contributed by atoms with Gasteiger partial charge in [0.15, 0.2) is 0 Å². The molecule has 16 heavy (non-hydrogen) atoms. The highest BCUT2D eigenvalue weighted by Crippen LogP contribution is 2.21. The summed E-state index contributed by atoms with van der Waals surface area (Å²) in [7, 11) is 0. The first-order valence-electron chi connectivity index (χ1n) is 5.04. The predicted molar refractivity (Wildman–Crippen MR) is 63.6 cm³/mol. The van der Waals surface area contributed by atoms with Crippen molar-refractivity contribution in [1.82, 2.24) is 9.55 Å². The van der Waals surface area contributed by atoms with Gasteiger partial charge in [-0.15, -0.1) is 11.3 Å². The molecule has 0 fully saturated rings. The molecule has 0 aromatic carbocycles. The van der Waals surface area contributed by atoms with Crippen LogP contribution >= 0.6 is 11.3 Å². The lowest BCUT2D eigenvalue weighted by molar-refractivity contribution is 0.737. The van der Waals surface area contributed by atoms with Gasteiger partial charge in [-0.3, -0.25) is 9.36 Å². The highest BCUT2D eigenvalue weighted by Gasteiger charge is 2.10. The first-order chi connectivity index (χ1) is 7.67. The van der Waals surface area contributed by atoms with Crippen LogP contribution in [0.3, 0.4) is 0 Å². The molecule has 0 saturated heterocycles. The van der Waals surface area contributed by atoms with Gasteiger partial charge in [0.1, 0.15) is 17.2 Å². The fourth-order valence-electron chi connectivity index (χ4n) is 1.60. The molecule has 0 atom stereocenters. The van der Waals surface area contributed by atoms with Crippen LogP contribution in [0.15, 0.2) is 10.9 Å². The molecule has 2 rings (SSSR count). The molecule has 2 heterocycles. The minimum absolute atomic E-state index is 0.0604. The van der Waals surface area contributed by atoms with Gasteiger partial charge in [0.05, 0.1) is 11.5 Å². The van der Waals surface area contributed by atoms with Crippen molar-refractivity contribution >= 4 is 21.6 Å². The van der Waals surface area contributed by atoms with Gasteiger partial charge in [-0.1, -0.05) is 6.92 Å². The zero-order chi connectivity index (χ0) is 11.7. The van der Waals surface area contributed by atoms with E-state index in [1.54, 1.807) is 18.3 Å². The minimum Gasteiger partial charge on any atom is -0.282 e. The largest absolute Gasteiger partial charge is 0.282 e. The van der Waals surface area contributed by atoms with Crippen LogP contribution < -0.4 is 5.56 Å². The molecule has 2 aromatic heterocycles. The number of thiophene rings is 1. The summed E-state index contributed by atoms with van der Waals surface area (Å²) in [5, 5.41) is 9.28. The van der Waals surface area contributed by atoms with Gasteiger partial charge in [-0.25, -0.2) is 4.98 Å². The molecule has 0 spiro atoms. The molecule has 4 nitrogen and oxygen atoms in total. The summed E-state index contributed by atoms with van der Waals surface area (Å²) in [6.45, 7) is 3.86. The number of nitrogens with zero attached hydrogens (tertiary/aromatic N) is 3. The van der Waals surface area contributed by atoms with Crippen molar-refractivity contribution in [2.75, 3.05) is 0 Å². The van der Waals surface area contributed by atoms with Gasteiger partial charge >= 0.3 is 0 Å². The van der Waals surface area contributed by atoms with Crippen molar-refractivity contribution in [2.24, 2.45) is 0 Å². The third kappa shape index (κ3) is 1.61. The van der Waals surface area contributed by atoms with Crippen molar-refractivity contribution in [1.29, 1.82) is 5.26 Å². The number of aromatic nitrogens is 2. The Hall–Kier alpha value is -1.67. The summed E-state index contributed by atoms with van der Waals surface area (Å²) in [5.41, 5.74) is -0.111. The maximum atomic E-state index is 12.0. The first kappa shape index (κ1) is 10.8. The molecule has 82 valence electrons.